The van der Waals surface area contributed by atoms with Crippen LogP contribution < -0.4 is 16.2 Å². The predicted molar refractivity (Wildman–Crippen MR) is 128 cm³/mol. The van der Waals surface area contributed by atoms with Crippen LogP contribution in [0.15, 0.2) is 41.3 Å². The van der Waals surface area contributed by atoms with E-state index < -0.39 is 0 Å². The summed E-state index contributed by atoms with van der Waals surface area (Å²) in [7, 11) is 0. The van der Waals surface area contributed by atoms with Crippen molar-refractivity contribution >= 4 is 29.0 Å². The topological polar surface area (TPSA) is 77.0 Å². The van der Waals surface area contributed by atoms with Crippen molar-refractivity contribution in [1.29, 1.82) is 0 Å². The maximum Gasteiger partial charge on any atom is 0.263 e. The van der Waals surface area contributed by atoms with Gasteiger partial charge in [0.25, 0.3) is 5.56 Å². The van der Waals surface area contributed by atoms with Gasteiger partial charge in [-0.15, -0.1) is 0 Å². The van der Waals surface area contributed by atoms with Gasteiger partial charge in [0.15, 0.2) is 0 Å². The van der Waals surface area contributed by atoms with Gasteiger partial charge in [-0.3, -0.25) is 14.3 Å². The summed E-state index contributed by atoms with van der Waals surface area (Å²) in [6, 6.07) is 9.32. The zero-order chi connectivity index (χ0) is 22.6. The molecule has 166 valence electrons. The highest BCUT2D eigenvalue weighted by molar-refractivity contribution is 6.43. The van der Waals surface area contributed by atoms with Crippen LogP contribution in [0.25, 0.3) is 5.69 Å². The van der Waals surface area contributed by atoms with Gasteiger partial charge in [-0.1, -0.05) is 35.3 Å². The highest BCUT2D eigenvalue weighted by Gasteiger charge is 2.46. The van der Waals surface area contributed by atoms with E-state index in [9.17, 15) is 4.79 Å². The summed E-state index contributed by atoms with van der Waals surface area (Å²) in [6.07, 6.45) is 4.64. The molecule has 1 aliphatic heterocycles. The van der Waals surface area contributed by atoms with Gasteiger partial charge in [0.2, 0.25) is 0 Å². The van der Waals surface area contributed by atoms with Crippen LogP contribution in [0.3, 0.4) is 0 Å². The first kappa shape index (κ1) is 21.4. The number of nitrogens with two attached hydrogens (primary N) is 1. The molecule has 0 unspecified atom stereocenters. The highest BCUT2D eigenvalue weighted by atomic mass is 35.5. The molecule has 6 nitrogen and oxygen atoms in total. The third kappa shape index (κ3) is 3.24. The van der Waals surface area contributed by atoms with Crippen LogP contribution in [-0.4, -0.2) is 27.6 Å². The van der Waals surface area contributed by atoms with Gasteiger partial charge in [-0.25, -0.2) is 4.98 Å². The van der Waals surface area contributed by atoms with E-state index in [0.29, 0.717) is 27.1 Å². The number of fused-ring (bicyclic) bond motifs is 1. The normalized spacial score (nSPS) is 19.4. The standard InChI is InChI=1S/C24H25Cl2N5O/c1-14-22(29-15(2)31(23(14)32)19-7-3-6-17(25)20(19)26)30-11-8-24(9-12-30)13-18-16(21(24)27)5-4-10-28-18/h3-7,10,21H,8-9,11-13,27H2,1-2H3/t21-/m1/s1. The molecule has 1 saturated heterocycles. The van der Waals surface area contributed by atoms with Crippen molar-refractivity contribution < 1.29 is 0 Å². The molecule has 1 aliphatic carbocycles. The van der Waals surface area contributed by atoms with Crippen LogP contribution in [-0.2, 0) is 6.42 Å². The number of benzene rings is 1. The summed E-state index contributed by atoms with van der Waals surface area (Å²) >= 11 is 12.6. The number of nitrogens with zero attached hydrogens (tertiary/aromatic N) is 4. The Hall–Kier alpha value is -2.41. The summed E-state index contributed by atoms with van der Waals surface area (Å²) in [5, 5.41) is 0.749. The molecule has 0 radical (unpaired) electrons. The molecular weight excluding hydrogens is 445 g/mol. The van der Waals surface area contributed by atoms with Gasteiger partial charge in [0, 0.05) is 31.0 Å². The monoisotopic (exact) mass is 469 g/mol. The van der Waals surface area contributed by atoms with Gasteiger partial charge < -0.3 is 10.6 Å². The molecule has 1 fully saturated rings. The number of aromatic nitrogens is 3. The number of rotatable bonds is 2. The largest absolute Gasteiger partial charge is 0.356 e. The van der Waals surface area contributed by atoms with Gasteiger partial charge in [0.05, 0.1) is 21.3 Å². The van der Waals surface area contributed by atoms with Crippen molar-refractivity contribution in [2.75, 3.05) is 18.0 Å². The molecule has 2 aromatic heterocycles. The summed E-state index contributed by atoms with van der Waals surface area (Å²) in [5.41, 5.74) is 10.0. The number of pyridine rings is 1. The molecule has 0 amide bonds. The van der Waals surface area contributed by atoms with E-state index in [1.165, 1.54) is 10.1 Å². The second-order valence-electron chi connectivity index (χ2n) is 8.86. The third-order valence-electron chi connectivity index (χ3n) is 7.12. The maximum atomic E-state index is 13.3. The Balaban J connectivity index is 1.44. The number of hydrogen-bond acceptors (Lipinski definition) is 5. The van der Waals surface area contributed by atoms with Crippen molar-refractivity contribution in [1.82, 2.24) is 14.5 Å². The first-order valence-electron chi connectivity index (χ1n) is 10.8. The van der Waals surface area contributed by atoms with Crippen molar-refractivity contribution in [2.24, 2.45) is 11.1 Å². The van der Waals surface area contributed by atoms with E-state index in [1.807, 2.05) is 26.1 Å². The van der Waals surface area contributed by atoms with E-state index in [0.717, 1.165) is 43.9 Å². The van der Waals surface area contributed by atoms with Gasteiger partial charge in [0.1, 0.15) is 11.6 Å². The number of piperidine rings is 1. The minimum Gasteiger partial charge on any atom is -0.356 e. The molecule has 0 saturated carbocycles. The molecule has 32 heavy (non-hydrogen) atoms. The Morgan fingerprint density at radius 3 is 2.59 bits per heavy atom. The number of halogens is 2. The van der Waals surface area contributed by atoms with Crippen LogP contribution in [0.5, 0.6) is 0 Å². The summed E-state index contributed by atoms with van der Waals surface area (Å²) < 4.78 is 1.54. The van der Waals surface area contributed by atoms with Crippen molar-refractivity contribution in [3.05, 3.63) is 79.6 Å². The fourth-order valence-electron chi connectivity index (χ4n) is 5.26. The van der Waals surface area contributed by atoms with Crippen LogP contribution >= 0.6 is 23.2 Å². The Kier molecular flexibility index (Phi) is 5.27. The zero-order valence-corrected chi connectivity index (χ0v) is 19.6. The van der Waals surface area contributed by atoms with Gasteiger partial charge in [-0.05, 0) is 62.3 Å². The molecule has 8 heteroatoms. The molecule has 1 spiro atoms. The highest BCUT2D eigenvalue weighted by Crippen LogP contribution is 2.50. The summed E-state index contributed by atoms with van der Waals surface area (Å²) in [5.74, 6) is 1.31. The zero-order valence-electron chi connectivity index (χ0n) is 18.1. The Morgan fingerprint density at radius 2 is 1.88 bits per heavy atom. The molecular formula is C24H25Cl2N5O. The minimum absolute atomic E-state index is 0.00196. The van der Waals surface area contributed by atoms with Crippen molar-refractivity contribution in [3.8, 4) is 5.69 Å². The van der Waals surface area contributed by atoms with Crippen molar-refractivity contribution in [2.45, 2.75) is 39.2 Å². The van der Waals surface area contributed by atoms with Crippen LogP contribution in [0.4, 0.5) is 5.82 Å². The van der Waals surface area contributed by atoms with E-state index in [-0.39, 0.29) is 17.0 Å². The second kappa shape index (κ2) is 7.87. The van der Waals surface area contributed by atoms with Gasteiger partial charge in [-0.2, -0.15) is 0 Å². The maximum absolute atomic E-state index is 13.3. The average Bonchev–Trinajstić information content (AvgIpc) is 3.06. The Bertz CT molecular complexity index is 1260. The molecule has 1 aromatic carbocycles. The fraction of sp³-hybridized carbons (Fsp3) is 0.375. The fourth-order valence-corrected chi connectivity index (χ4v) is 5.64. The van der Waals surface area contributed by atoms with Gasteiger partial charge >= 0.3 is 0 Å². The van der Waals surface area contributed by atoms with Crippen LogP contribution in [0, 0.1) is 19.3 Å². The lowest BCUT2D eigenvalue weighted by molar-refractivity contribution is 0.186. The van der Waals surface area contributed by atoms with Crippen LogP contribution in [0.1, 0.15) is 41.5 Å². The second-order valence-corrected chi connectivity index (χ2v) is 9.65. The summed E-state index contributed by atoms with van der Waals surface area (Å²) in [6.45, 7) is 5.25. The first-order chi connectivity index (χ1) is 15.3. The SMILES string of the molecule is Cc1c(N2CCC3(CC2)Cc2ncccc2[C@H]3N)nc(C)n(-c2cccc(Cl)c2Cl)c1=O. The Labute approximate surface area is 197 Å². The minimum atomic E-state index is -0.133. The lowest BCUT2D eigenvalue weighted by Gasteiger charge is -2.42. The van der Waals surface area contributed by atoms with Crippen LogP contribution in [0.2, 0.25) is 10.0 Å². The smallest absolute Gasteiger partial charge is 0.263 e. The molecule has 3 aromatic rings. The first-order valence-corrected chi connectivity index (χ1v) is 11.6. The summed E-state index contributed by atoms with van der Waals surface area (Å²) in [4.78, 5) is 24.9. The molecule has 5 rings (SSSR count). The Morgan fingerprint density at radius 1 is 1.12 bits per heavy atom. The number of anilines is 1. The number of hydrogen-bond donors (Lipinski definition) is 1. The van der Waals surface area contributed by atoms with E-state index in [2.05, 4.69) is 16.0 Å². The molecule has 0 bridgehead atoms. The molecule has 1 atom stereocenters. The van der Waals surface area contributed by atoms with Crippen molar-refractivity contribution in [3.63, 3.8) is 0 Å². The molecule has 3 heterocycles. The molecule has 2 aliphatic rings. The lowest BCUT2D eigenvalue weighted by atomic mass is 9.73. The predicted octanol–water partition coefficient (Wildman–Crippen LogP) is 4.39. The van der Waals surface area contributed by atoms with E-state index in [1.54, 1.807) is 18.2 Å². The average molecular weight is 470 g/mol. The number of aryl methyl sites for hydroxylation is 1. The molecule has 2 N–H and O–H groups in total. The van der Waals surface area contributed by atoms with E-state index >= 15 is 0 Å². The lowest BCUT2D eigenvalue weighted by Crippen LogP contribution is -2.45. The third-order valence-corrected chi connectivity index (χ3v) is 7.93. The van der Waals surface area contributed by atoms with E-state index in [4.69, 9.17) is 33.9 Å². The quantitative estimate of drug-likeness (QED) is 0.601.